The zero-order valence-electron chi connectivity index (χ0n) is 13.8. The Morgan fingerprint density at radius 3 is 2.73 bits per heavy atom. The fourth-order valence-corrected chi connectivity index (χ4v) is 2.86. The molecule has 0 spiro atoms. The number of halogens is 2. The van der Waals surface area contributed by atoms with Gasteiger partial charge >= 0.3 is 0 Å². The normalized spacial score (nSPS) is 10.5. The van der Waals surface area contributed by atoms with Gasteiger partial charge in [-0.2, -0.15) is 0 Å². The molecule has 0 saturated carbocycles. The van der Waals surface area contributed by atoms with E-state index in [0.717, 1.165) is 17.0 Å². The predicted octanol–water partition coefficient (Wildman–Crippen LogP) is 4.57. The van der Waals surface area contributed by atoms with Gasteiger partial charge in [0.25, 0.3) is 5.91 Å². The number of aromatic nitrogens is 1. The monoisotopic (exact) mass is 389 g/mol. The summed E-state index contributed by atoms with van der Waals surface area (Å²) in [4.78, 5) is 16.4. The lowest BCUT2D eigenvalue weighted by atomic mass is 10.1. The molecule has 0 fully saturated rings. The quantitative estimate of drug-likeness (QED) is 0.621. The van der Waals surface area contributed by atoms with Crippen LogP contribution in [0.1, 0.15) is 21.8 Å². The number of nitrogens with zero attached hydrogens (tertiary/aromatic N) is 1. The summed E-state index contributed by atoms with van der Waals surface area (Å²) in [5, 5.41) is 7.19. The van der Waals surface area contributed by atoms with Crippen LogP contribution in [0.2, 0.25) is 10.0 Å². The Balaban J connectivity index is 1.48. The van der Waals surface area contributed by atoms with Gasteiger partial charge in [0, 0.05) is 16.6 Å². The number of carbonyl (C=O) groups is 1. The van der Waals surface area contributed by atoms with Gasteiger partial charge in [-0.1, -0.05) is 29.3 Å². The van der Waals surface area contributed by atoms with E-state index in [0.29, 0.717) is 35.2 Å². The first-order valence-corrected chi connectivity index (χ1v) is 8.82. The molecule has 3 rings (SSSR count). The summed E-state index contributed by atoms with van der Waals surface area (Å²) < 4.78 is 5.25. The molecule has 0 aliphatic carbocycles. The van der Waals surface area contributed by atoms with Gasteiger partial charge < -0.3 is 15.1 Å². The Labute approximate surface area is 161 Å². The van der Waals surface area contributed by atoms with Crippen molar-refractivity contribution in [2.75, 3.05) is 11.9 Å². The highest BCUT2D eigenvalue weighted by Gasteiger charge is 2.08. The Bertz CT molecular complexity index is 865. The molecule has 0 unspecified atom stereocenters. The second-order valence-corrected chi connectivity index (χ2v) is 6.45. The molecule has 2 aromatic heterocycles. The molecule has 0 aliphatic heterocycles. The van der Waals surface area contributed by atoms with Gasteiger partial charge in [-0.05, 0) is 48.4 Å². The van der Waals surface area contributed by atoms with Gasteiger partial charge in [0.1, 0.15) is 11.5 Å². The zero-order chi connectivity index (χ0) is 18.4. The first kappa shape index (κ1) is 18.3. The lowest BCUT2D eigenvalue weighted by Gasteiger charge is -2.08. The Morgan fingerprint density at radius 1 is 1.15 bits per heavy atom. The van der Waals surface area contributed by atoms with Crippen molar-refractivity contribution in [3.05, 3.63) is 82.0 Å². The molecular formula is C19H17Cl2N3O2. The third kappa shape index (κ3) is 5.00. The number of benzene rings is 1. The van der Waals surface area contributed by atoms with Crippen LogP contribution in [0.5, 0.6) is 0 Å². The topological polar surface area (TPSA) is 67.2 Å². The standard InChI is InChI=1S/C19H17Cl2N3O2/c20-14-4-3-13(17(21)10-14)7-8-22-19(25)18-6-5-15(11-24-18)23-12-16-2-1-9-26-16/h1-6,9-11,23H,7-8,12H2,(H,22,25). The largest absolute Gasteiger partial charge is 0.467 e. The molecule has 1 amide bonds. The fourth-order valence-electron chi connectivity index (χ4n) is 2.36. The summed E-state index contributed by atoms with van der Waals surface area (Å²) in [5.41, 5.74) is 2.10. The van der Waals surface area contributed by atoms with Crippen LogP contribution in [0.4, 0.5) is 5.69 Å². The number of anilines is 1. The molecular weight excluding hydrogens is 373 g/mol. The average molecular weight is 390 g/mol. The molecule has 0 saturated heterocycles. The minimum atomic E-state index is -0.229. The average Bonchev–Trinajstić information content (AvgIpc) is 3.16. The molecule has 1 aromatic carbocycles. The molecule has 0 radical (unpaired) electrons. The highest BCUT2D eigenvalue weighted by molar-refractivity contribution is 6.35. The summed E-state index contributed by atoms with van der Waals surface area (Å²) in [7, 11) is 0. The zero-order valence-corrected chi connectivity index (χ0v) is 15.3. The number of hydrogen-bond acceptors (Lipinski definition) is 4. The van der Waals surface area contributed by atoms with E-state index in [1.54, 1.807) is 36.7 Å². The van der Waals surface area contributed by atoms with Crippen molar-refractivity contribution in [3.63, 3.8) is 0 Å². The SMILES string of the molecule is O=C(NCCc1ccc(Cl)cc1Cl)c1ccc(NCc2ccco2)cn1. The summed E-state index contributed by atoms with van der Waals surface area (Å²) in [6.07, 6.45) is 3.86. The second kappa shape index (κ2) is 8.74. The number of amides is 1. The van der Waals surface area contributed by atoms with Gasteiger partial charge in [-0.25, -0.2) is 4.98 Å². The van der Waals surface area contributed by atoms with Gasteiger partial charge in [-0.3, -0.25) is 4.79 Å². The summed E-state index contributed by atoms with van der Waals surface area (Å²) >= 11 is 12.0. The second-order valence-electron chi connectivity index (χ2n) is 5.61. The summed E-state index contributed by atoms with van der Waals surface area (Å²) in [6, 6.07) is 12.5. The van der Waals surface area contributed by atoms with Gasteiger partial charge in [0.2, 0.25) is 0 Å². The van der Waals surface area contributed by atoms with Crippen molar-refractivity contribution in [1.29, 1.82) is 0 Å². The van der Waals surface area contributed by atoms with Gasteiger partial charge in [0.15, 0.2) is 0 Å². The number of hydrogen-bond donors (Lipinski definition) is 2. The molecule has 2 heterocycles. The van der Waals surface area contributed by atoms with E-state index in [1.165, 1.54) is 0 Å². The van der Waals surface area contributed by atoms with E-state index in [1.807, 2.05) is 18.2 Å². The van der Waals surface area contributed by atoms with E-state index in [-0.39, 0.29) is 5.91 Å². The summed E-state index contributed by atoms with van der Waals surface area (Å²) in [5.74, 6) is 0.598. The third-order valence-corrected chi connectivity index (χ3v) is 4.32. The van der Waals surface area contributed by atoms with Crippen LogP contribution in [-0.2, 0) is 13.0 Å². The van der Waals surface area contributed by atoms with Gasteiger partial charge in [0.05, 0.1) is 24.7 Å². The smallest absolute Gasteiger partial charge is 0.269 e. The van der Waals surface area contributed by atoms with Crippen molar-refractivity contribution in [2.24, 2.45) is 0 Å². The number of nitrogens with one attached hydrogen (secondary N) is 2. The van der Waals surface area contributed by atoms with Crippen molar-refractivity contribution in [2.45, 2.75) is 13.0 Å². The van der Waals surface area contributed by atoms with Crippen LogP contribution in [0.3, 0.4) is 0 Å². The molecule has 2 N–H and O–H groups in total. The van der Waals surface area contributed by atoms with Crippen LogP contribution in [0.15, 0.2) is 59.3 Å². The maximum atomic E-state index is 12.2. The highest BCUT2D eigenvalue weighted by Crippen LogP contribution is 2.21. The lowest BCUT2D eigenvalue weighted by molar-refractivity contribution is 0.0949. The van der Waals surface area contributed by atoms with Crippen molar-refractivity contribution < 1.29 is 9.21 Å². The van der Waals surface area contributed by atoms with Crippen LogP contribution >= 0.6 is 23.2 Å². The first-order valence-electron chi connectivity index (χ1n) is 8.06. The van der Waals surface area contributed by atoms with E-state index in [2.05, 4.69) is 15.6 Å². The summed E-state index contributed by atoms with van der Waals surface area (Å²) in [6.45, 7) is 1.02. The minimum absolute atomic E-state index is 0.229. The molecule has 26 heavy (non-hydrogen) atoms. The Morgan fingerprint density at radius 2 is 2.04 bits per heavy atom. The maximum absolute atomic E-state index is 12.2. The molecule has 134 valence electrons. The van der Waals surface area contributed by atoms with Crippen LogP contribution in [0, 0.1) is 0 Å². The van der Waals surface area contributed by atoms with Crippen LogP contribution in [0.25, 0.3) is 0 Å². The maximum Gasteiger partial charge on any atom is 0.269 e. The molecule has 0 aliphatic rings. The van der Waals surface area contributed by atoms with Crippen molar-refractivity contribution in [1.82, 2.24) is 10.3 Å². The van der Waals surface area contributed by atoms with E-state index in [9.17, 15) is 4.79 Å². The minimum Gasteiger partial charge on any atom is -0.467 e. The van der Waals surface area contributed by atoms with Gasteiger partial charge in [-0.15, -0.1) is 0 Å². The van der Waals surface area contributed by atoms with E-state index in [4.69, 9.17) is 27.6 Å². The van der Waals surface area contributed by atoms with Crippen molar-refractivity contribution in [3.8, 4) is 0 Å². The van der Waals surface area contributed by atoms with Crippen LogP contribution in [-0.4, -0.2) is 17.4 Å². The Kier molecular flexibility index (Phi) is 6.15. The number of carbonyl (C=O) groups excluding carboxylic acids is 1. The Hall–Kier alpha value is -2.50. The highest BCUT2D eigenvalue weighted by atomic mass is 35.5. The molecule has 0 bridgehead atoms. The van der Waals surface area contributed by atoms with Crippen LogP contribution < -0.4 is 10.6 Å². The first-order chi connectivity index (χ1) is 12.6. The number of furan rings is 1. The predicted molar refractivity (Wildman–Crippen MR) is 103 cm³/mol. The molecule has 0 atom stereocenters. The lowest BCUT2D eigenvalue weighted by Crippen LogP contribution is -2.26. The number of pyridine rings is 1. The van der Waals surface area contributed by atoms with E-state index < -0.39 is 0 Å². The molecule has 7 heteroatoms. The number of rotatable bonds is 7. The third-order valence-electron chi connectivity index (χ3n) is 3.74. The fraction of sp³-hybridized carbons (Fsp3) is 0.158. The molecule has 5 nitrogen and oxygen atoms in total. The van der Waals surface area contributed by atoms with E-state index >= 15 is 0 Å². The molecule has 3 aromatic rings. The van der Waals surface area contributed by atoms with Crippen molar-refractivity contribution >= 4 is 34.8 Å².